The van der Waals surface area contributed by atoms with Gasteiger partial charge in [0.25, 0.3) is 0 Å². The Balaban J connectivity index is 1.84. The molecule has 1 aromatic rings. The van der Waals surface area contributed by atoms with Crippen LogP contribution in [0.3, 0.4) is 0 Å². The van der Waals surface area contributed by atoms with Crippen molar-refractivity contribution in [3.63, 3.8) is 0 Å². The maximum absolute atomic E-state index is 11.5. The lowest BCUT2D eigenvalue weighted by molar-refractivity contribution is -0.117. The standard InChI is InChI=1S/C20H28O2/c1-4-5-16-6-8-17(9-7-16)18-10-12-19(13-11-18)22-14-20(21)15(2)3/h10-13,16-17H,2,4-9,14H2,1,3H3. The van der Waals surface area contributed by atoms with Gasteiger partial charge in [0.15, 0.2) is 12.4 Å². The molecule has 2 heteroatoms. The molecule has 1 aromatic carbocycles. The summed E-state index contributed by atoms with van der Waals surface area (Å²) in [5, 5.41) is 0. The molecular weight excluding hydrogens is 272 g/mol. The number of carbonyl (C=O) groups excluding carboxylic acids is 1. The highest BCUT2D eigenvalue weighted by Crippen LogP contribution is 2.37. The predicted octanol–water partition coefficient (Wildman–Crippen LogP) is 5.28. The van der Waals surface area contributed by atoms with Gasteiger partial charge < -0.3 is 4.74 Å². The quantitative estimate of drug-likeness (QED) is 0.640. The van der Waals surface area contributed by atoms with E-state index >= 15 is 0 Å². The van der Waals surface area contributed by atoms with Crippen molar-refractivity contribution in [3.05, 3.63) is 42.0 Å². The van der Waals surface area contributed by atoms with Crippen molar-refractivity contribution < 1.29 is 9.53 Å². The average Bonchev–Trinajstić information content (AvgIpc) is 2.54. The van der Waals surface area contributed by atoms with E-state index < -0.39 is 0 Å². The summed E-state index contributed by atoms with van der Waals surface area (Å²) in [6.07, 6.45) is 8.03. The van der Waals surface area contributed by atoms with Gasteiger partial charge in [-0.1, -0.05) is 38.5 Å². The van der Waals surface area contributed by atoms with Gasteiger partial charge in [0.2, 0.25) is 0 Å². The van der Waals surface area contributed by atoms with Crippen LogP contribution in [0.5, 0.6) is 5.75 Å². The number of rotatable bonds is 7. The van der Waals surface area contributed by atoms with Crippen molar-refractivity contribution in [1.29, 1.82) is 0 Å². The van der Waals surface area contributed by atoms with Crippen LogP contribution >= 0.6 is 0 Å². The molecule has 0 atom stereocenters. The molecule has 0 spiro atoms. The van der Waals surface area contributed by atoms with Gasteiger partial charge in [-0.25, -0.2) is 0 Å². The second kappa shape index (κ2) is 8.17. The van der Waals surface area contributed by atoms with Crippen LogP contribution in [0.4, 0.5) is 0 Å². The number of ether oxygens (including phenoxy) is 1. The molecule has 0 heterocycles. The Bertz CT molecular complexity index is 493. The fourth-order valence-electron chi connectivity index (χ4n) is 3.30. The van der Waals surface area contributed by atoms with Gasteiger partial charge in [0.05, 0.1) is 0 Å². The zero-order valence-corrected chi connectivity index (χ0v) is 13.9. The first kappa shape index (κ1) is 16.8. The third-order valence-electron chi connectivity index (χ3n) is 4.74. The number of Topliss-reactive ketones (excluding diaryl/α,β-unsaturated/α-hetero) is 1. The van der Waals surface area contributed by atoms with E-state index in [1.807, 2.05) is 12.1 Å². The Labute approximate surface area is 134 Å². The SMILES string of the molecule is C=C(C)C(=O)COc1ccc(C2CCC(CCC)CC2)cc1. The Hall–Kier alpha value is -1.57. The molecule has 1 aliphatic rings. The second-order valence-corrected chi connectivity index (χ2v) is 6.57. The van der Waals surface area contributed by atoms with Crippen molar-refractivity contribution in [2.45, 2.75) is 58.3 Å². The predicted molar refractivity (Wildman–Crippen MR) is 91.4 cm³/mol. The van der Waals surface area contributed by atoms with Crippen LogP contribution in [0.1, 0.15) is 63.9 Å². The van der Waals surface area contributed by atoms with E-state index in [0.717, 1.165) is 11.7 Å². The summed E-state index contributed by atoms with van der Waals surface area (Å²) in [5.41, 5.74) is 1.95. The lowest BCUT2D eigenvalue weighted by atomic mass is 9.77. The minimum absolute atomic E-state index is 0.0432. The highest BCUT2D eigenvalue weighted by molar-refractivity contribution is 5.95. The van der Waals surface area contributed by atoms with Crippen molar-refractivity contribution in [2.24, 2.45) is 5.92 Å². The van der Waals surface area contributed by atoms with Crippen LogP contribution < -0.4 is 4.74 Å². The summed E-state index contributed by atoms with van der Waals surface area (Å²) >= 11 is 0. The molecule has 0 aliphatic heterocycles. The molecule has 0 unspecified atom stereocenters. The number of ketones is 1. The Morgan fingerprint density at radius 2 is 1.82 bits per heavy atom. The number of hydrogen-bond acceptors (Lipinski definition) is 2. The largest absolute Gasteiger partial charge is 0.485 e. The summed E-state index contributed by atoms with van der Waals surface area (Å²) in [6.45, 7) is 7.71. The maximum atomic E-state index is 11.5. The zero-order chi connectivity index (χ0) is 15.9. The number of carbonyl (C=O) groups is 1. The molecule has 1 saturated carbocycles. The summed E-state index contributed by atoms with van der Waals surface area (Å²) in [5.74, 6) is 2.35. The topological polar surface area (TPSA) is 26.3 Å². The van der Waals surface area contributed by atoms with Crippen LogP contribution in [0, 0.1) is 5.92 Å². The van der Waals surface area contributed by atoms with Crippen molar-refractivity contribution in [3.8, 4) is 5.75 Å². The van der Waals surface area contributed by atoms with E-state index in [-0.39, 0.29) is 12.4 Å². The molecule has 22 heavy (non-hydrogen) atoms. The summed E-state index contributed by atoms with van der Waals surface area (Å²) in [7, 11) is 0. The zero-order valence-electron chi connectivity index (χ0n) is 13.9. The molecule has 2 nitrogen and oxygen atoms in total. The van der Waals surface area contributed by atoms with Crippen molar-refractivity contribution in [1.82, 2.24) is 0 Å². The molecule has 0 saturated heterocycles. The van der Waals surface area contributed by atoms with Gasteiger partial charge in [0.1, 0.15) is 5.75 Å². The molecule has 120 valence electrons. The normalized spacial score (nSPS) is 21.4. The maximum Gasteiger partial charge on any atom is 0.195 e. The van der Waals surface area contributed by atoms with Gasteiger partial charge >= 0.3 is 0 Å². The van der Waals surface area contributed by atoms with Crippen LogP contribution in [-0.4, -0.2) is 12.4 Å². The molecule has 1 aliphatic carbocycles. The van der Waals surface area contributed by atoms with Gasteiger partial charge in [-0.3, -0.25) is 4.79 Å². The van der Waals surface area contributed by atoms with Crippen LogP contribution in [0.15, 0.2) is 36.4 Å². The molecule has 2 rings (SSSR count). The molecule has 0 radical (unpaired) electrons. The Morgan fingerprint density at radius 3 is 2.36 bits per heavy atom. The summed E-state index contributed by atoms with van der Waals surface area (Å²) < 4.78 is 5.51. The summed E-state index contributed by atoms with van der Waals surface area (Å²) in [4.78, 5) is 11.5. The van der Waals surface area contributed by atoms with E-state index in [1.54, 1.807) is 6.92 Å². The van der Waals surface area contributed by atoms with E-state index in [0.29, 0.717) is 11.5 Å². The third-order valence-corrected chi connectivity index (χ3v) is 4.74. The molecule has 0 aromatic heterocycles. The third kappa shape index (κ3) is 4.72. The minimum Gasteiger partial charge on any atom is -0.485 e. The van der Waals surface area contributed by atoms with E-state index in [9.17, 15) is 4.79 Å². The van der Waals surface area contributed by atoms with Gasteiger partial charge in [-0.05, 0) is 67.7 Å². The monoisotopic (exact) mass is 300 g/mol. The van der Waals surface area contributed by atoms with E-state index in [4.69, 9.17) is 4.74 Å². The van der Waals surface area contributed by atoms with Crippen LogP contribution in [0.2, 0.25) is 0 Å². The molecule has 0 N–H and O–H groups in total. The van der Waals surface area contributed by atoms with E-state index in [2.05, 4.69) is 25.6 Å². The highest BCUT2D eigenvalue weighted by atomic mass is 16.5. The fourth-order valence-corrected chi connectivity index (χ4v) is 3.30. The smallest absolute Gasteiger partial charge is 0.195 e. The summed E-state index contributed by atoms with van der Waals surface area (Å²) in [6, 6.07) is 8.29. The molecule has 0 bridgehead atoms. The lowest BCUT2D eigenvalue weighted by Crippen LogP contribution is -2.13. The lowest BCUT2D eigenvalue weighted by Gasteiger charge is -2.28. The Kier molecular flexibility index (Phi) is 6.23. The van der Waals surface area contributed by atoms with Gasteiger partial charge in [-0.2, -0.15) is 0 Å². The number of hydrogen-bond donors (Lipinski definition) is 0. The van der Waals surface area contributed by atoms with Crippen molar-refractivity contribution >= 4 is 5.78 Å². The first-order valence-corrected chi connectivity index (χ1v) is 8.51. The second-order valence-electron chi connectivity index (χ2n) is 6.57. The molecule has 1 fully saturated rings. The molecular formula is C20H28O2. The van der Waals surface area contributed by atoms with Crippen LogP contribution in [0.25, 0.3) is 0 Å². The van der Waals surface area contributed by atoms with Crippen molar-refractivity contribution in [2.75, 3.05) is 6.61 Å². The van der Waals surface area contributed by atoms with Gasteiger partial charge in [-0.15, -0.1) is 0 Å². The number of benzene rings is 1. The average molecular weight is 300 g/mol. The Morgan fingerprint density at radius 1 is 1.18 bits per heavy atom. The first-order valence-electron chi connectivity index (χ1n) is 8.51. The molecule has 0 amide bonds. The van der Waals surface area contributed by atoms with Crippen LogP contribution in [-0.2, 0) is 4.79 Å². The fraction of sp³-hybridized carbons (Fsp3) is 0.550. The first-order chi connectivity index (χ1) is 10.6. The minimum atomic E-state index is -0.0432. The van der Waals surface area contributed by atoms with Gasteiger partial charge in [0, 0.05) is 0 Å². The van der Waals surface area contributed by atoms with E-state index in [1.165, 1.54) is 44.1 Å². The highest BCUT2D eigenvalue weighted by Gasteiger charge is 2.21.